The number of esters is 1. The summed E-state index contributed by atoms with van der Waals surface area (Å²) in [5.74, 6) is -1.22. The van der Waals surface area contributed by atoms with Crippen molar-refractivity contribution in [3.8, 4) is 11.1 Å². The van der Waals surface area contributed by atoms with E-state index in [-0.39, 0.29) is 5.97 Å². The van der Waals surface area contributed by atoms with Gasteiger partial charge in [0.2, 0.25) is 0 Å². The molecule has 1 N–H and O–H groups in total. The second-order valence-corrected chi connectivity index (χ2v) is 4.03. The van der Waals surface area contributed by atoms with Crippen LogP contribution in [0.4, 0.5) is 0 Å². The van der Waals surface area contributed by atoms with Gasteiger partial charge >= 0.3 is 5.97 Å². The Morgan fingerprint density at radius 1 is 1.00 bits per heavy atom. The minimum atomic E-state index is -0.833. The minimum absolute atomic E-state index is 0.389. The van der Waals surface area contributed by atoms with Gasteiger partial charge in [0.25, 0.3) is 5.97 Å². The molecule has 4 heteroatoms. The third-order valence-electron chi connectivity index (χ3n) is 2.42. The molecule has 2 aromatic rings. The molecule has 0 saturated heterocycles. The number of benzene rings is 2. The summed E-state index contributed by atoms with van der Waals surface area (Å²) in [6.45, 7) is 4.43. The Bertz CT molecular complexity index is 596. The summed E-state index contributed by atoms with van der Waals surface area (Å²) in [4.78, 5) is 20.4. The molecule has 0 aliphatic rings. The van der Waals surface area contributed by atoms with Crippen molar-refractivity contribution in [2.24, 2.45) is 0 Å². The smallest absolute Gasteiger partial charge is 0.342 e. The summed E-state index contributed by atoms with van der Waals surface area (Å²) < 4.78 is 4.70. The van der Waals surface area contributed by atoms with E-state index < -0.39 is 5.97 Å². The highest BCUT2D eigenvalue weighted by molar-refractivity contribution is 5.90. The van der Waals surface area contributed by atoms with Gasteiger partial charge in [-0.05, 0) is 23.3 Å². The molecule has 0 amide bonds. The molecular formula is C17H16O4. The second-order valence-electron chi connectivity index (χ2n) is 4.03. The van der Waals surface area contributed by atoms with Gasteiger partial charge in [-0.15, -0.1) is 0 Å². The Balaban J connectivity index is 0.000000491. The summed E-state index contributed by atoms with van der Waals surface area (Å²) >= 11 is 0. The maximum absolute atomic E-state index is 11.4. The van der Waals surface area contributed by atoms with E-state index in [1.165, 1.54) is 0 Å². The van der Waals surface area contributed by atoms with Gasteiger partial charge in [-0.2, -0.15) is 0 Å². The number of ether oxygens (including phenoxy) is 1. The molecule has 0 aliphatic heterocycles. The summed E-state index contributed by atoms with van der Waals surface area (Å²) in [7, 11) is 0. The number of carbonyl (C=O) groups excluding carboxylic acids is 1. The van der Waals surface area contributed by atoms with E-state index >= 15 is 0 Å². The maximum Gasteiger partial charge on any atom is 0.342 e. The van der Waals surface area contributed by atoms with E-state index in [1.54, 1.807) is 12.1 Å². The van der Waals surface area contributed by atoms with Crippen LogP contribution in [0.15, 0.2) is 67.4 Å². The van der Waals surface area contributed by atoms with Gasteiger partial charge in [0, 0.05) is 6.92 Å². The fraction of sp³-hybridized carbons (Fsp3) is 0.0588. The molecule has 0 unspecified atom stereocenters. The maximum atomic E-state index is 11.4. The van der Waals surface area contributed by atoms with Crippen molar-refractivity contribution in [2.45, 2.75) is 6.92 Å². The van der Waals surface area contributed by atoms with Crippen molar-refractivity contribution < 1.29 is 19.4 Å². The van der Waals surface area contributed by atoms with Crippen LogP contribution in [0, 0.1) is 0 Å². The molecule has 2 aromatic carbocycles. The molecule has 0 saturated carbocycles. The van der Waals surface area contributed by atoms with Crippen LogP contribution in [0.25, 0.3) is 11.1 Å². The Labute approximate surface area is 123 Å². The minimum Gasteiger partial charge on any atom is -0.481 e. The summed E-state index contributed by atoms with van der Waals surface area (Å²) in [6, 6.07) is 17.3. The largest absolute Gasteiger partial charge is 0.481 e. The number of carbonyl (C=O) groups is 2. The normalized spacial score (nSPS) is 9.00. The topological polar surface area (TPSA) is 63.6 Å². The van der Waals surface area contributed by atoms with Crippen molar-refractivity contribution in [3.05, 3.63) is 73.0 Å². The lowest BCUT2D eigenvalue weighted by Crippen LogP contribution is -1.99. The molecule has 2 rings (SSSR count). The standard InChI is InChI=1S/C15H12O2.C2H4O2/c1-2-17-15(16)14-10-8-13(9-11-14)12-6-4-3-5-7-12;1-2(3)4/h2-11H,1H2;1H3,(H,3,4). The SMILES string of the molecule is C=COC(=O)c1ccc(-c2ccccc2)cc1.CC(=O)O. The van der Waals surface area contributed by atoms with Crippen LogP contribution < -0.4 is 0 Å². The molecular weight excluding hydrogens is 268 g/mol. The van der Waals surface area contributed by atoms with Crippen molar-refractivity contribution in [3.63, 3.8) is 0 Å². The Hall–Kier alpha value is -2.88. The predicted molar refractivity (Wildman–Crippen MR) is 80.8 cm³/mol. The summed E-state index contributed by atoms with van der Waals surface area (Å²) in [6.07, 6.45) is 1.13. The zero-order chi connectivity index (χ0) is 15.7. The second kappa shape index (κ2) is 8.32. The van der Waals surface area contributed by atoms with Gasteiger partial charge in [0.15, 0.2) is 0 Å². The van der Waals surface area contributed by atoms with Crippen LogP contribution in [0.2, 0.25) is 0 Å². The van der Waals surface area contributed by atoms with Crippen LogP contribution in [-0.4, -0.2) is 17.0 Å². The van der Waals surface area contributed by atoms with E-state index in [4.69, 9.17) is 14.6 Å². The molecule has 0 bridgehead atoms. The van der Waals surface area contributed by atoms with Gasteiger partial charge in [0.1, 0.15) is 0 Å². The first kappa shape index (κ1) is 16.2. The quantitative estimate of drug-likeness (QED) is 0.688. The van der Waals surface area contributed by atoms with Crippen LogP contribution >= 0.6 is 0 Å². The number of hydrogen-bond acceptors (Lipinski definition) is 3. The predicted octanol–water partition coefficient (Wildman–Crippen LogP) is 3.74. The fourth-order valence-corrected chi connectivity index (χ4v) is 1.57. The third kappa shape index (κ3) is 5.74. The molecule has 0 aromatic heterocycles. The molecule has 0 fully saturated rings. The van der Waals surface area contributed by atoms with Crippen LogP contribution in [0.3, 0.4) is 0 Å². The van der Waals surface area contributed by atoms with E-state index in [0.717, 1.165) is 24.3 Å². The highest BCUT2D eigenvalue weighted by Gasteiger charge is 2.05. The highest BCUT2D eigenvalue weighted by atomic mass is 16.5. The van der Waals surface area contributed by atoms with Crippen molar-refractivity contribution in [1.82, 2.24) is 0 Å². The molecule has 0 heterocycles. The molecule has 0 spiro atoms. The first-order valence-corrected chi connectivity index (χ1v) is 6.21. The molecule has 108 valence electrons. The van der Waals surface area contributed by atoms with E-state index in [2.05, 4.69) is 6.58 Å². The Kier molecular flexibility index (Phi) is 6.41. The van der Waals surface area contributed by atoms with Gasteiger partial charge in [-0.3, -0.25) is 4.79 Å². The average Bonchev–Trinajstić information content (AvgIpc) is 2.48. The lowest BCUT2D eigenvalue weighted by Gasteiger charge is -2.03. The van der Waals surface area contributed by atoms with E-state index in [0.29, 0.717) is 5.56 Å². The van der Waals surface area contributed by atoms with Gasteiger partial charge in [-0.1, -0.05) is 49.0 Å². The summed E-state index contributed by atoms with van der Waals surface area (Å²) in [5, 5.41) is 7.42. The Morgan fingerprint density at radius 3 is 1.95 bits per heavy atom. The molecule has 21 heavy (non-hydrogen) atoms. The Morgan fingerprint density at radius 2 is 1.48 bits per heavy atom. The van der Waals surface area contributed by atoms with Crippen LogP contribution in [0.1, 0.15) is 17.3 Å². The number of carboxylic acids is 1. The zero-order valence-electron chi connectivity index (χ0n) is 11.7. The molecule has 0 atom stereocenters. The summed E-state index contributed by atoms with van der Waals surface area (Å²) in [5.41, 5.74) is 2.71. The first-order chi connectivity index (χ1) is 10.0. The van der Waals surface area contributed by atoms with Crippen molar-refractivity contribution >= 4 is 11.9 Å². The van der Waals surface area contributed by atoms with Crippen molar-refractivity contribution in [2.75, 3.05) is 0 Å². The molecule has 0 aliphatic carbocycles. The number of hydrogen-bond donors (Lipinski definition) is 1. The first-order valence-electron chi connectivity index (χ1n) is 6.21. The van der Waals surface area contributed by atoms with Gasteiger partial charge in [0.05, 0.1) is 11.8 Å². The van der Waals surface area contributed by atoms with E-state index in [1.807, 2.05) is 42.5 Å². The zero-order valence-corrected chi connectivity index (χ0v) is 11.7. The lowest BCUT2D eigenvalue weighted by atomic mass is 10.0. The number of rotatable bonds is 3. The monoisotopic (exact) mass is 284 g/mol. The van der Waals surface area contributed by atoms with Crippen molar-refractivity contribution in [1.29, 1.82) is 0 Å². The van der Waals surface area contributed by atoms with Gasteiger partial charge in [-0.25, -0.2) is 4.79 Å². The third-order valence-corrected chi connectivity index (χ3v) is 2.42. The van der Waals surface area contributed by atoms with E-state index in [9.17, 15) is 4.79 Å². The molecule has 4 nitrogen and oxygen atoms in total. The van der Waals surface area contributed by atoms with Crippen LogP contribution in [-0.2, 0) is 9.53 Å². The number of carboxylic acid groups (broad SMARTS) is 1. The average molecular weight is 284 g/mol. The molecule has 0 radical (unpaired) electrons. The fourth-order valence-electron chi connectivity index (χ4n) is 1.57. The van der Waals surface area contributed by atoms with Gasteiger partial charge < -0.3 is 9.84 Å². The highest BCUT2D eigenvalue weighted by Crippen LogP contribution is 2.19. The van der Waals surface area contributed by atoms with Crippen LogP contribution in [0.5, 0.6) is 0 Å². The number of aliphatic carboxylic acids is 1. The lowest BCUT2D eigenvalue weighted by molar-refractivity contribution is -0.134.